The van der Waals surface area contributed by atoms with Crippen LogP contribution in [0.5, 0.6) is 0 Å². The number of aliphatic hydroxyl groups is 1. The monoisotopic (exact) mass is 399 g/mol. The number of rotatable bonds is 4. The lowest BCUT2D eigenvalue weighted by atomic mass is 9.94. The minimum Gasteiger partial charge on any atom is -0.389 e. The third-order valence-electron chi connectivity index (χ3n) is 5.53. The Labute approximate surface area is 166 Å². The quantitative estimate of drug-likeness (QED) is 0.688. The molecule has 0 aromatic heterocycles. The fourth-order valence-corrected chi connectivity index (χ4v) is 4.04. The van der Waals surface area contributed by atoms with Crippen LogP contribution in [0.25, 0.3) is 0 Å². The van der Waals surface area contributed by atoms with E-state index in [1.54, 1.807) is 4.90 Å². The summed E-state index contributed by atoms with van der Waals surface area (Å²) in [5.41, 5.74) is 0. The highest BCUT2D eigenvalue weighted by molar-refractivity contribution is 5.77. The van der Waals surface area contributed by atoms with Crippen molar-refractivity contribution in [2.75, 3.05) is 52.6 Å². The van der Waals surface area contributed by atoms with Crippen molar-refractivity contribution in [2.45, 2.75) is 57.0 Å². The van der Waals surface area contributed by atoms with Crippen LogP contribution in [0.4, 0.5) is 4.79 Å². The molecule has 3 aliphatic rings. The second kappa shape index (κ2) is 10.4. The largest absolute Gasteiger partial charge is 0.389 e. The van der Waals surface area contributed by atoms with Crippen LogP contribution in [0.2, 0.25) is 0 Å². The van der Waals surface area contributed by atoms with Gasteiger partial charge in [-0.2, -0.15) is 0 Å². The Kier molecular flexibility index (Phi) is 7.90. The highest BCUT2D eigenvalue weighted by Crippen LogP contribution is 2.28. The average molecular weight is 399 g/mol. The van der Waals surface area contributed by atoms with E-state index in [0.717, 1.165) is 12.8 Å². The number of urea groups is 1. The first-order valence-electron chi connectivity index (χ1n) is 10.4. The molecule has 0 unspecified atom stereocenters. The molecule has 160 valence electrons. The molecule has 0 aromatic rings. The first-order chi connectivity index (χ1) is 13.6. The number of carbonyl (C=O) groups is 2. The van der Waals surface area contributed by atoms with Crippen LogP contribution >= 0.6 is 0 Å². The third kappa shape index (κ3) is 5.56. The van der Waals surface area contributed by atoms with Crippen molar-refractivity contribution >= 4 is 11.9 Å². The summed E-state index contributed by atoms with van der Waals surface area (Å²) in [6.07, 6.45) is 1.43. The average Bonchev–Trinajstić information content (AvgIpc) is 2.70. The highest BCUT2D eigenvalue weighted by Gasteiger charge is 2.40. The minimum absolute atomic E-state index is 0.0893. The summed E-state index contributed by atoms with van der Waals surface area (Å²) in [6.45, 7) is 5.71. The normalized spacial score (nSPS) is 31.5. The molecule has 0 saturated carbocycles. The molecule has 2 N–H and O–H groups in total. The lowest BCUT2D eigenvalue weighted by molar-refractivity contribution is -0.156. The Balaban J connectivity index is 1.60. The van der Waals surface area contributed by atoms with Gasteiger partial charge in [0.25, 0.3) is 0 Å². The molecule has 9 heteroatoms. The topological polar surface area (TPSA) is 101 Å². The number of nitrogens with one attached hydrogen (secondary N) is 1. The number of hydrogen-bond donors (Lipinski definition) is 2. The van der Waals surface area contributed by atoms with Crippen LogP contribution in [0.1, 0.15) is 32.6 Å². The van der Waals surface area contributed by atoms with Crippen molar-refractivity contribution in [1.29, 1.82) is 0 Å². The molecule has 3 saturated heterocycles. The highest BCUT2D eigenvalue weighted by atomic mass is 16.5. The van der Waals surface area contributed by atoms with Crippen molar-refractivity contribution in [1.82, 2.24) is 15.1 Å². The fourth-order valence-electron chi connectivity index (χ4n) is 4.04. The summed E-state index contributed by atoms with van der Waals surface area (Å²) < 4.78 is 17.1. The van der Waals surface area contributed by atoms with Gasteiger partial charge in [0, 0.05) is 19.6 Å². The standard InChI is InChI=1S/C19H33N3O6/c1-2-5-20-19(25)22-11-14(23)12-27-13-17-16(22)4-3-15(28-17)10-18(24)21-6-8-26-9-7-21/h14-17,23H,2-13H2,1H3,(H,20,25)/t14-,15-,16-,17+/m0/s1. The van der Waals surface area contributed by atoms with Gasteiger partial charge in [-0.15, -0.1) is 0 Å². The van der Waals surface area contributed by atoms with Crippen LogP contribution in [-0.2, 0) is 19.0 Å². The molecule has 3 rings (SSSR count). The second-order valence-electron chi connectivity index (χ2n) is 7.71. The van der Waals surface area contributed by atoms with Gasteiger partial charge in [-0.1, -0.05) is 6.92 Å². The maximum absolute atomic E-state index is 12.6. The summed E-state index contributed by atoms with van der Waals surface area (Å²) in [4.78, 5) is 28.7. The lowest BCUT2D eigenvalue weighted by Gasteiger charge is -2.44. The molecular formula is C19H33N3O6. The molecule has 3 amide bonds. The molecule has 3 aliphatic heterocycles. The molecule has 9 nitrogen and oxygen atoms in total. The van der Waals surface area contributed by atoms with Gasteiger partial charge in [-0.05, 0) is 19.3 Å². The molecule has 28 heavy (non-hydrogen) atoms. The zero-order valence-electron chi connectivity index (χ0n) is 16.7. The van der Waals surface area contributed by atoms with Gasteiger partial charge in [0.2, 0.25) is 5.91 Å². The van der Waals surface area contributed by atoms with Crippen molar-refractivity contribution in [3.63, 3.8) is 0 Å². The number of β-amino-alcohol motifs (C(OH)–C–C–N with tert-alkyl or cyclic N) is 1. The maximum Gasteiger partial charge on any atom is 0.317 e. The van der Waals surface area contributed by atoms with Gasteiger partial charge >= 0.3 is 6.03 Å². The number of morpholine rings is 1. The Morgan fingerprint density at radius 2 is 1.93 bits per heavy atom. The summed E-state index contributed by atoms with van der Waals surface area (Å²) in [7, 11) is 0. The third-order valence-corrected chi connectivity index (χ3v) is 5.53. The number of aliphatic hydroxyl groups excluding tert-OH is 1. The first-order valence-corrected chi connectivity index (χ1v) is 10.4. The number of hydrogen-bond acceptors (Lipinski definition) is 6. The van der Waals surface area contributed by atoms with Crippen LogP contribution in [-0.4, -0.2) is 104 Å². The first kappa shape index (κ1) is 21.3. The molecule has 0 bridgehead atoms. The van der Waals surface area contributed by atoms with E-state index in [2.05, 4.69) is 5.32 Å². The minimum atomic E-state index is -0.714. The van der Waals surface area contributed by atoms with Crippen LogP contribution in [0, 0.1) is 0 Å². The Hall–Kier alpha value is -1.42. The van der Waals surface area contributed by atoms with Crippen LogP contribution in [0.3, 0.4) is 0 Å². The number of nitrogens with zero attached hydrogens (tertiary/aromatic N) is 2. The molecule has 3 heterocycles. The number of amides is 3. The molecule has 0 radical (unpaired) electrons. The summed E-state index contributed by atoms with van der Waals surface area (Å²) >= 11 is 0. The van der Waals surface area contributed by atoms with Gasteiger partial charge in [-0.25, -0.2) is 4.79 Å². The van der Waals surface area contributed by atoms with Gasteiger partial charge < -0.3 is 34.4 Å². The molecule has 0 aliphatic carbocycles. The number of fused-ring (bicyclic) bond motifs is 1. The zero-order chi connectivity index (χ0) is 19.9. The van der Waals surface area contributed by atoms with Crippen molar-refractivity contribution in [2.24, 2.45) is 0 Å². The number of carbonyl (C=O) groups excluding carboxylic acids is 2. The molecule has 0 spiro atoms. The predicted octanol–water partition coefficient (Wildman–Crippen LogP) is -0.0358. The predicted molar refractivity (Wildman–Crippen MR) is 101 cm³/mol. The van der Waals surface area contributed by atoms with Gasteiger partial charge in [0.15, 0.2) is 0 Å². The fraction of sp³-hybridized carbons (Fsp3) is 0.895. The summed E-state index contributed by atoms with van der Waals surface area (Å²) in [5, 5.41) is 13.0. The molecule has 4 atom stereocenters. The van der Waals surface area contributed by atoms with Crippen molar-refractivity contribution in [3.05, 3.63) is 0 Å². The Morgan fingerprint density at radius 1 is 1.14 bits per heavy atom. The number of ether oxygens (including phenoxy) is 3. The van der Waals surface area contributed by atoms with E-state index in [1.165, 1.54) is 0 Å². The van der Waals surface area contributed by atoms with Gasteiger partial charge in [-0.3, -0.25) is 4.79 Å². The Bertz CT molecular complexity index is 528. The van der Waals surface area contributed by atoms with E-state index < -0.39 is 6.10 Å². The second-order valence-corrected chi connectivity index (χ2v) is 7.71. The Morgan fingerprint density at radius 3 is 2.68 bits per heavy atom. The maximum atomic E-state index is 12.6. The summed E-state index contributed by atoms with van der Waals surface area (Å²) in [5.74, 6) is 0.0893. The lowest BCUT2D eigenvalue weighted by Crippen LogP contribution is -2.59. The van der Waals surface area contributed by atoms with E-state index in [-0.39, 0.29) is 43.3 Å². The van der Waals surface area contributed by atoms with E-state index in [0.29, 0.717) is 52.3 Å². The zero-order valence-corrected chi connectivity index (χ0v) is 16.7. The smallest absolute Gasteiger partial charge is 0.317 e. The van der Waals surface area contributed by atoms with Crippen LogP contribution in [0.15, 0.2) is 0 Å². The van der Waals surface area contributed by atoms with Gasteiger partial charge in [0.1, 0.15) is 6.10 Å². The van der Waals surface area contributed by atoms with Crippen molar-refractivity contribution in [3.8, 4) is 0 Å². The molecule has 0 aromatic carbocycles. The van der Waals surface area contributed by atoms with E-state index in [9.17, 15) is 14.7 Å². The summed E-state index contributed by atoms with van der Waals surface area (Å²) in [6, 6.07) is -0.342. The van der Waals surface area contributed by atoms with Crippen LogP contribution < -0.4 is 5.32 Å². The van der Waals surface area contributed by atoms with E-state index in [4.69, 9.17) is 14.2 Å². The molecular weight excluding hydrogens is 366 g/mol. The van der Waals surface area contributed by atoms with Gasteiger partial charge in [0.05, 0.1) is 57.6 Å². The van der Waals surface area contributed by atoms with Crippen molar-refractivity contribution < 1.29 is 28.9 Å². The van der Waals surface area contributed by atoms with E-state index >= 15 is 0 Å². The van der Waals surface area contributed by atoms with E-state index in [1.807, 2.05) is 11.8 Å². The SMILES string of the molecule is CCCNC(=O)N1C[C@H](O)COC[C@H]2O[C@H](CC(=O)N3CCOCC3)CC[C@@H]21. The molecule has 3 fully saturated rings.